The Balaban J connectivity index is 1.56. The fraction of sp³-hybridized carbons (Fsp3) is 0.0909. The molecular weight excluding hydrogens is 421 g/mol. The second kappa shape index (κ2) is 7.49. The maximum Gasteiger partial charge on any atom is 0.449 e. The van der Waals surface area contributed by atoms with Crippen LogP contribution in [0.25, 0.3) is 16.7 Å². The van der Waals surface area contributed by atoms with E-state index in [1.54, 1.807) is 35.1 Å². The number of benzene rings is 2. The molecule has 3 aromatic heterocycles. The molecule has 0 spiro atoms. The number of halogens is 3. The molecule has 2 N–H and O–H groups in total. The number of rotatable bonds is 4. The Labute approximate surface area is 179 Å². The molecule has 0 aliphatic carbocycles. The normalized spacial score (nSPS) is 12.8. The third-order valence-electron chi connectivity index (χ3n) is 5.04. The van der Waals surface area contributed by atoms with Crippen LogP contribution in [0.2, 0.25) is 0 Å². The van der Waals surface area contributed by atoms with Crippen molar-refractivity contribution >= 4 is 22.6 Å². The molecule has 10 heteroatoms. The topological polar surface area (TPSA) is 88.0 Å². The first-order chi connectivity index (χ1) is 15.4. The molecule has 3 heterocycles. The summed E-state index contributed by atoms with van der Waals surface area (Å²) >= 11 is 0. The lowest BCUT2D eigenvalue weighted by molar-refractivity contribution is -0.144. The Morgan fingerprint density at radius 2 is 1.75 bits per heavy atom. The number of nitrogens with zero attached hydrogens (tertiary/aromatic N) is 4. The molecule has 1 amide bonds. The van der Waals surface area contributed by atoms with Gasteiger partial charge in [0.25, 0.3) is 5.91 Å². The smallest absolute Gasteiger partial charge is 0.340 e. The highest BCUT2D eigenvalue weighted by molar-refractivity contribution is 5.98. The van der Waals surface area contributed by atoms with Crippen LogP contribution in [0.15, 0.2) is 73.3 Å². The Hall–Kier alpha value is -4.21. The van der Waals surface area contributed by atoms with Crippen LogP contribution in [-0.2, 0) is 6.18 Å². The Kier molecular flexibility index (Phi) is 4.62. The van der Waals surface area contributed by atoms with E-state index in [0.717, 1.165) is 5.56 Å². The highest BCUT2D eigenvalue weighted by Crippen LogP contribution is 2.30. The second-order valence-electron chi connectivity index (χ2n) is 7.11. The molecule has 1 atom stereocenters. The van der Waals surface area contributed by atoms with Gasteiger partial charge in [0, 0.05) is 24.8 Å². The van der Waals surface area contributed by atoms with Gasteiger partial charge in [-0.15, -0.1) is 0 Å². The highest BCUT2D eigenvalue weighted by atomic mass is 19.4. The fourth-order valence-corrected chi connectivity index (χ4v) is 3.56. The zero-order chi connectivity index (χ0) is 22.3. The highest BCUT2D eigenvalue weighted by Gasteiger charge is 2.34. The molecule has 2 aromatic carbocycles. The molecule has 0 radical (unpaired) electrons. The van der Waals surface area contributed by atoms with Crippen molar-refractivity contribution in [2.75, 3.05) is 0 Å². The lowest BCUT2D eigenvalue weighted by Crippen LogP contribution is -2.30. The van der Waals surface area contributed by atoms with E-state index in [4.69, 9.17) is 0 Å². The summed E-state index contributed by atoms with van der Waals surface area (Å²) in [5, 5.41) is 2.94. The first kappa shape index (κ1) is 19.7. The molecule has 0 fully saturated rings. The maximum absolute atomic E-state index is 13.1. The quantitative estimate of drug-likeness (QED) is 0.443. The first-order valence-electron chi connectivity index (χ1n) is 9.60. The van der Waals surface area contributed by atoms with E-state index in [1.807, 2.05) is 30.3 Å². The van der Waals surface area contributed by atoms with Gasteiger partial charge >= 0.3 is 6.18 Å². The predicted molar refractivity (Wildman–Crippen MR) is 110 cm³/mol. The Bertz CT molecular complexity index is 1420. The van der Waals surface area contributed by atoms with Crippen LogP contribution in [0, 0.1) is 0 Å². The van der Waals surface area contributed by atoms with Gasteiger partial charge in [-0.1, -0.05) is 36.4 Å². The number of alkyl halides is 3. The average molecular weight is 436 g/mol. The lowest BCUT2D eigenvalue weighted by Gasteiger charge is -2.20. The van der Waals surface area contributed by atoms with Crippen molar-refractivity contribution in [2.24, 2.45) is 0 Å². The Morgan fingerprint density at radius 1 is 1.00 bits per heavy atom. The number of carbonyl (C=O) groups is 1. The zero-order valence-electron chi connectivity index (χ0n) is 16.3. The van der Waals surface area contributed by atoms with Gasteiger partial charge in [-0.25, -0.2) is 15.0 Å². The van der Waals surface area contributed by atoms with Crippen molar-refractivity contribution < 1.29 is 18.0 Å². The van der Waals surface area contributed by atoms with E-state index < -0.39 is 23.9 Å². The van der Waals surface area contributed by atoms with Crippen LogP contribution in [0.4, 0.5) is 13.2 Å². The molecule has 0 aliphatic heterocycles. The predicted octanol–water partition coefficient (Wildman–Crippen LogP) is 4.14. The van der Waals surface area contributed by atoms with Gasteiger partial charge in [-0.05, 0) is 23.3 Å². The van der Waals surface area contributed by atoms with Crippen molar-refractivity contribution in [3.05, 3.63) is 96.0 Å². The number of amides is 1. The van der Waals surface area contributed by atoms with Crippen LogP contribution in [0.1, 0.15) is 33.5 Å². The van der Waals surface area contributed by atoms with Gasteiger partial charge in [0.1, 0.15) is 0 Å². The number of aromatic amines is 1. The summed E-state index contributed by atoms with van der Waals surface area (Å²) in [5.74, 6) is -1.53. The molecule has 0 saturated carbocycles. The van der Waals surface area contributed by atoms with Crippen molar-refractivity contribution in [1.29, 1.82) is 0 Å². The van der Waals surface area contributed by atoms with Crippen LogP contribution in [0.3, 0.4) is 0 Å². The van der Waals surface area contributed by atoms with Gasteiger partial charge in [0.2, 0.25) is 5.82 Å². The summed E-state index contributed by atoms with van der Waals surface area (Å²) < 4.78 is 40.8. The molecule has 32 heavy (non-hydrogen) atoms. The monoisotopic (exact) mass is 436 g/mol. The van der Waals surface area contributed by atoms with E-state index in [0.29, 0.717) is 11.2 Å². The van der Waals surface area contributed by atoms with Gasteiger partial charge < -0.3 is 14.7 Å². The Morgan fingerprint density at radius 3 is 2.50 bits per heavy atom. The minimum atomic E-state index is -4.58. The molecule has 5 rings (SSSR count). The van der Waals surface area contributed by atoms with E-state index >= 15 is 0 Å². The number of carbonyl (C=O) groups excluding carboxylic acids is 1. The zero-order valence-corrected chi connectivity index (χ0v) is 16.3. The summed E-state index contributed by atoms with van der Waals surface area (Å²) in [6.45, 7) is 0. The number of fused-ring (bicyclic) bond motifs is 2. The minimum Gasteiger partial charge on any atom is -0.340 e. The van der Waals surface area contributed by atoms with Gasteiger partial charge in [-0.3, -0.25) is 4.79 Å². The number of hydrogen-bond acceptors (Lipinski definition) is 4. The number of imidazole rings is 2. The molecule has 1 unspecified atom stereocenters. The molecule has 0 bridgehead atoms. The van der Waals surface area contributed by atoms with Crippen LogP contribution >= 0.6 is 0 Å². The molecular formula is C22H15F3N6O. The van der Waals surface area contributed by atoms with Crippen molar-refractivity contribution in [3.8, 4) is 0 Å². The average Bonchev–Trinajstić information content (AvgIpc) is 3.44. The maximum atomic E-state index is 13.1. The number of hydrogen-bond donors (Lipinski definition) is 2. The summed E-state index contributed by atoms with van der Waals surface area (Å²) in [6, 6.07) is 13.2. The van der Waals surface area contributed by atoms with Crippen molar-refractivity contribution in [3.63, 3.8) is 0 Å². The van der Waals surface area contributed by atoms with E-state index in [1.165, 1.54) is 12.3 Å². The summed E-state index contributed by atoms with van der Waals surface area (Å²) in [4.78, 5) is 27.4. The largest absolute Gasteiger partial charge is 0.449 e. The first-order valence-corrected chi connectivity index (χ1v) is 9.60. The molecule has 7 nitrogen and oxygen atoms in total. The number of H-pyrrole nitrogens is 1. The van der Waals surface area contributed by atoms with E-state index in [2.05, 4.69) is 25.3 Å². The molecule has 5 aromatic rings. The van der Waals surface area contributed by atoms with Gasteiger partial charge in [0.05, 0.1) is 17.1 Å². The molecule has 0 saturated heterocycles. The van der Waals surface area contributed by atoms with Gasteiger partial charge in [-0.2, -0.15) is 13.2 Å². The fourth-order valence-electron chi connectivity index (χ4n) is 3.56. The summed E-state index contributed by atoms with van der Waals surface area (Å²) in [6.07, 6.45) is 1.86. The van der Waals surface area contributed by atoms with E-state index in [9.17, 15) is 18.0 Å². The number of aromatic nitrogens is 5. The van der Waals surface area contributed by atoms with Crippen LogP contribution in [-0.4, -0.2) is 30.2 Å². The summed E-state index contributed by atoms with van der Waals surface area (Å²) in [5.41, 5.74) is 2.29. The second-order valence-corrected chi connectivity index (χ2v) is 7.11. The van der Waals surface area contributed by atoms with E-state index in [-0.39, 0.29) is 16.7 Å². The SMILES string of the molecule is O=C(NC(c1ccccc1)c1ccc2nc(C(F)(F)F)[nH]c2c1)c1nccn2ccnc12. The summed E-state index contributed by atoms with van der Waals surface area (Å²) in [7, 11) is 0. The number of nitrogens with one attached hydrogen (secondary N) is 2. The van der Waals surface area contributed by atoms with Crippen LogP contribution in [0.5, 0.6) is 0 Å². The minimum absolute atomic E-state index is 0.139. The third kappa shape index (κ3) is 3.55. The standard InChI is InChI=1S/C22H15F3N6O/c23-22(24,25)21-28-15-7-6-14(12-16(15)29-21)17(13-4-2-1-3-5-13)30-20(32)18-19-27-9-11-31(19)10-8-26-18/h1-12,17H,(H,28,29)(H,30,32). The van der Waals surface area contributed by atoms with Crippen LogP contribution < -0.4 is 5.32 Å². The van der Waals surface area contributed by atoms with Crippen molar-refractivity contribution in [1.82, 2.24) is 29.7 Å². The van der Waals surface area contributed by atoms with Crippen molar-refractivity contribution in [2.45, 2.75) is 12.2 Å². The third-order valence-corrected chi connectivity index (χ3v) is 5.04. The molecule has 160 valence electrons. The molecule has 0 aliphatic rings. The lowest BCUT2D eigenvalue weighted by atomic mass is 9.98. The van der Waals surface area contributed by atoms with Gasteiger partial charge in [0.15, 0.2) is 11.3 Å².